The van der Waals surface area contributed by atoms with Crippen LogP contribution in [0, 0.1) is 0 Å². The van der Waals surface area contributed by atoms with Crippen molar-refractivity contribution in [3.8, 4) is 5.75 Å². The molecule has 1 amide bonds. The quantitative estimate of drug-likeness (QED) is 0.361. The smallest absolute Gasteiger partial charge is 0.244 e. The highest BCUT2D eigenvalue weighted by molar-refractivity contribution is 6.35. The third kappa shape index (κ3) is 6.79. The summed E-state index contributed by atoms with van der Waals surface area (Å²) in [5.74, 6) is 0.489. The monoisotopic (exact) mass is 446 g/mol. The number of ether oxygens (including phenoxy) is 1. The molecule has 4 nitrogen and oxygen atoms in total. The van der Waals surface area contributed by atoms with E-state index in [0.29, 0.717) is 27.4 Å². The van der Waals surface area contributed by atoms with E-state index < -0.39 is 0 Å². The molecule has 0 aliphatic carbocycles. The number of rotatable bonds is 7. The predicted molar refractivity (Wildman–Crippen MR) is 118 cm³/mol. The van der Waals surface area contributed by atoms with E-state index in [1.54, 1.807) is 30.5 Å². The van der Waals surface area contributed by atoms with E-state index in [2.05, 4.69) is 10.5 Å². The summed E-state index contributed by atoms with van der Waals surface area (Å²) >= 11 is 17.9. The molecule has 0 radical (unpaired) electrons. The molecule has 0 atom stereocenters. The molecule has 0 saturated carbocycles. The average Bonchev–Trinajstić information content (AvgIpc) is 2.70. The van der Waals surface area contributed by atoms with Gasteiger partial charge in [-0.3, -0.25) is 4.79 Å². The van der Waals surface area contributed by atoms with Crippen molar-refractivity contribution in [1.29, 1.82) is 0 Å². The second-order valence-electron chi connectivity index (χ2n) is 6.19. The third-order valence-corrected chi connectivity index (χ3v) is 4.81. The van der Waals surface area contributed by atoms with Gasteiger partial charge < -0.3 is 4.74 Å². The van der Waals surface area contributed by atoms with Gasteiger partial charge in [0.2, 0.25) is 5.91 Å². The lowest BCUT2D eigenvalue weighted by Gasteiger charge is -2.08. The van der Waals surface area contributed by atoms with Crippen LogP contribution in [-0.4, -0.2) is 12.1 Å². The number of carbonyl (C=O) groups is 1. The van der Waals surface area contributed by atoms with Crippen LogP contribution in [0.15, 0.2) is 71.8 Å². The first kappa shape index (κ1) is 21.2. The summed E-state index contributed by atoms with van der Waals surface area (Å²) in [6, 6.07) is 19.7. The van der Waals surface area contributed by atoms with Crippen molar-refractivity contribution < 1.29 is 9.53 Å². The van der Waals surface area contributed by atoms with E-state index in [9.17, 15) is 4.79 Å². The molecule has 0 spiro atoms. The van der Waals surface area contributed by atoms with Crippen molar-refractivity contribution in [1.82, 2.24) is 5.43 Å². The number of nitrogens with zero attached hydrogens (tertiary/aromatic N) is 1. The maximum atomic E-state index is 11.9. The number of nitrogens with one attached hydrogen (secondary N) is 1. The molecule has 7 heteroatoms. The Morgan fingerprint density at radius 3 is 2.31 bits per heavy atom. The Kier molecular flexibility index (Phi) is 7.53. The van der Waals surface area contributed by atoms with Crippen LogP contribution in [0.1, 0.15) is 16.7 Å². The summed E-state index contributed by atoms with van der Waals surface area (Å²) in [6.45, 7) is 0.337. The minimum atomic E-state index is -0.205. The summed E-state index contributed by atoms with van der Waals surface area (Å²) in [4.78, 5) is 11.9. The van der Waals surface area contributed by atoms with Crippen molar-refractivity contribution in [3.05, 3.63) is 98.5 Å². The highest BCUT2D eigenvalue weighted by Crippen LogP contribution is 2.22. The van der Waals surface area contributed by atoms with Crippen molar-refractivity contribution in [2.75, 3.05) is 0 Å². The zero-order valence-electron chi connectivity index (χ0n) is 15.2. The normalized spacial score (nSPS) is 10.9. The predicted octanol–water partition coefficient (Wildman–Crippen LogP) is 5.92. The molecule has 0 aliphatic rings. The van der Waals surface area contributed by atoms with Gasteiger partial charge in [0.15, 0.2) is 0 Å². The zero-order valence-corrected chi connectivity index (χ0v) is 17.5. The summed E-state index contributed by atoms with van der Waals surface area (Å²) in [6.07, 6.45) is 1.80. The number of hydrazone groups is 1. The molecule has 0 unspecified atom stereocenters. The van der Waals surface area contributed by atoms with Gasteiger partial charge in [-0.05, 0) is 59.7 Å². The number of amides is 1. The van der Waals surface area contributed by atoms with Crippen molar-refractivity contribution in [2.24, 2.45) is 5.10 Å². The Balaban J connectivity index is 1.48. The van der Waals surface area contributed by atoms with E-state index in [4.69, 9.17) is 39.5 Å². The van der Waals surface area contributed by atoms with Crippen LogP contribution in [0.4, 0.5) is 0 Å². The van der Waals surface area contributed by atoms with Gasteiger partial charge in [-0.2, -0.15) is 5.10 Å². The Labute approximate surface area is 184 Å². The van der Waals surface area contributed by atoms with Gasteiger partial charge in [0.05, 0.1) is 12.6 Å². The molecule has 0 saturated heterocycles. The number of benzene rings is 3. The number of halogens is 3. The van der Waals surface area contributed by atoms with Gasteiger partial charge in [0.1, 0.15) is 12.4 Å². The first-order valence-electron chi connectivity index (χ1n) is 8.73. The van der Waals surface area contributed by atoms with E-state index in [0.717, 1.165) is 16.7 Å². The van der Waals surface area contributed by atoms with Crippen LogP contribution >= 0.6 is 34.8 Å². The van der Waals surface area contributed by atoms with E-state index >= 15 is 0 Å². The topological polar surface area (TPSA) is 50.7 Å². The van der Waals surface area contributed by atoms with Gasteiger partial charge in [-0.15, -0.1) is 0 Å². The summed E-state index contributed by atoms with van der Waals surface area (Å²) in [7, 11) is 0. The van der Waals surface area contributed by atoms with Crippen molar-refractivity contribution >= 4 is 46.9 Å². The summed E-state index contributed by atoms with van der Waals surface area (Å²) in [5.41, 5.74) is 5.05. The Bertz CT molecular complexity index is 1000. The van der Waals surface area contributed by atoms with Gasteiger partial charge in [0.25, 0.3) is 0 Å². The first-order valence-corrected chi connectivity index (χ1v) is 9.86. The van der Waals surface area contributed by atoms with Crippen molar-refractivity contribution in [2.45, 2.75) is 13.0 Å². The van der Waals surface area contributed by atoms with Crippen LogP contribution in [0.3, 0.4) is 0 Å². The molecular weight excluding hydrogens is 431 g/mol. The third-order valence-electron chi connectivity index (χ3n) is 3.97. The van der Waals surface area contributed by atoms with Gasteiger partial charge in [-0.1, -0.05) is 53.0 Å². The molecule has 29 heavy (non-hydrogen) atoms. The fourth-order valence-corrected chi connectivity index (χ4v) is 3.04. The van der Waals surface area contributed by atoms with E-state index in [-0.39, 0.29) is 12.3 Å². The lowest BCUT2D eigenvalue weighted by molar-refractivity contribution is -0.120. The van der Waals surface area contributed by atoms with E-state index in [1.165, 1.54) is 0 Å². The van der Waals surface area contributed by atoms with Crippen LogP contribution < -0.4 is 10.2 Å². The van der Waals surface area contributed by atoms with Gasteiger partial charge in [0, 0.05) is 20.6 Å². The fourth-order valence-electron chi connectivity index (χ4n) is 2.46. The van der Waals surface area contributed by atoms with Crippen LogP contribution in [0.5, 0.6) is 5.75 Å². The Morgan fingerprint density at radius 1 is 0.931 bits per heavy atom. The highest BCUT2D eigenvalue weighted by Gasteiger charge is 2.03. The van der Waals surface area contributed by atoms with Crippen LogP contribution in [-0.2, 0) is 17.8 Å². The molecule has 1 N–H and O–H groups in total. The zero-order chi connectivity index (χ0) is 20.6. The Hall–Kier alpha value is -2.53. The Morgan fingerprint density at radius 2 is 1.62 bits per heavy atom. The highest BCUT2D eigenvalue weighted by atomic mass is 35.5. The van der Waals surface area contributed by atoms with Gasteiger partial charge in [-0.25, -0.2) is 5.43 Å². The van der Waals surface area contributed by atoms with Crippen LogP contribution in [0.25, 0.3) is 0 Å². The lowest BCUT2D eigenvalue weighted by atomic mass is 10.1. The minimum Gasteiger partial charge on any atom is -0.489 e. The molecule has 0 aliphatic heterocycles. The second-order valence-corrected chi connectivity index (χ2v) is 7.47. The average molecular weight is 448 g/mol. The molecule has 3 rings (SSSR count). The molecule has 0 bridgehead atoms. The lowest BCUT2D eigenvalue weighted by Crippen LogP contribution is -2.19. The standard InChI is InChI=1S/C22H17Cl3N2O2/c23-18-6-1-15(2-7-18)11-22(28)27-26-13-16-3-9-20(10-4-16)29-14-17-5-8-19(24)12-21(17)25/h1-10,12-13H,11,14H2,(H,27,28)/b26-13-. The maximum absolute atomic E-state index is 11.9. The molecule has 148 valence electrons. The van der Waals surface area contributed by atoms with Crippen LogP contribution in [0.2, 0.25) is 15.1 Å². The SMILES string of the molecule is O=C(Cc1ccc(Cl)cc1)N/N=C\c1ccc(OCc2ccc(Cl)cc2Cl)cc1. The van der Waals surface area contributed by atoms with E-state index in [1.807, 2.05) is 42.5 Å². The largest absolute Gasteiger partial charge is 0.489 e. The molecule has 3 aromatic carbocycles. The summed E-state index contributed by atoms with van der Waals surface area (Å²) in [5, 5.41) is 5.76. The first-order chi connectivity index (χ1) is 14.0. The number of hydrogen-bond acceptors (Lipinski definition) is 3. The fraction of sp³-hybridized carbons (Fsp3) is 0.0909. The van der Waals surface area contributed by atoms with Crippen molar-refractivity contribution in [3.63, 3.8) is 0 Å². The minimum absolute atomic E-state index is 0.205. The second kappa shape index (κ2) is 10.3. The van der Waals surface area contributed by atoms with Gasteiger partial charge >= 0.3 is 0 Å². The molecule has 3 aromatic rings. The molecular formula is C22H17Cl3N2O2. The maximum Gasteiger partial charge on any atom is 0.244 e. The molecule has 0 heterocycles. The number of carbonyl (C=O) groups excluding carboxylic acids is 1. The molecule has 0 fully saturated rings. The molecule has 0 aromatic heterocycles. The number of hydrogen-bond donors (Lipinski definition) is 1. The summed E-state index contributed by atoms with van der Waals surface area (Å²) < 4.78 is 5.73.